The molecule has 0 spiro atoms. The summed E-state index contributed by atoms with van der Waals surface area (Å²) in [4.78, 5) is 4.73. The van der Waals surface area contributed by atoms with E-state index in [1.807, 2.05) is 0 Å². The molecule has 0 heterocycles. The van der Waals surface area contributed by atoms with E-state index < -0.39 is 0 Å². The molecule has 0 aromatic rings. The van der Waals surface area contributed by atoms with Gasteiger partial charge in [0.1, 0.15) is 6.10 Å². The summed E-state index contributed by atoms with van der Waals surface area (Å²) < 4.78 is 1.73. The number of nitrogens with two attached hydrogens (primary N) is 1. The van der Waals surface area contributed by atoms with Crippen molar-refractivity contribution >= 4 is 13.4 Å². The van der Waals surface area contributed by atoms with Crippen molar-refractivity contribution in [3.8, 4) is 0 Å². The maximum Gasteiger partial charge on any atom is 0.235 e. The Morgan fingerprint density at radius 3 is 2.29 bits per heavy atom. The molecule has 0 aliphatic heterocycles. The van der Waals surface area contributed by atoms with Crippen molar-refractivity contribution in [2.24, 2.45) is 5.90 Å². The van der Waals surface area contributed by atoms with E-state index in [1.165, 1.54) is 0 Å². The highest BCUT2D eigenvalue weighted by atomic mass is 16.6. The molecule has 0 aromatic heterocycles. The molecule has 1 rings (SSSR count). The molecule has 3 atom stereocenters. The number of hydrogen-bond donors (Lipinski definition) is 3. The molecule has 0 radical (unpaired) electrons. The zero-order chi connectivity index (χ0) is 10.7. The van der Waals surface area contributed by atoms with Crippen LogP contribution in [0.1, 0.15) is 19.3 Å². The van der Waals surface area contributed by atoms with Crippen molar-refractivity contribution in [1.29, 1.82) is 0 Å². The topological polar surface area (TPSA) is 81.7 Å². The zero-order valence-corrected chi connectivity index (χ0v) is 8.04. The molecule has 3 unspecified atom stereocenters. The first-order valence-corrected chi connectivity index (χ1v) is 4.49. The SMILES string of the molecule is C=[N+](O)C1CCC(ON)C([N+](=C)O)C1. The molecule has 1 aliphatic carbocycles. The fourth-order valence-corrected chi connectivity index (χ4v) is 1.84. The Morgan fingerprint density at radius 1 is 1.21 bits per heavy atom. The van der Waals surface area contributed by atoms with Crippen molar-refractivity contribution in [2.75, 3.05) is 0 Å². The van der Waals surface area contributed by atoms with Gasteiger partial charge in [0.25, 0.3) is 0 Å². The van der Waals surface area contributed by atoms with E-state index in [2.05, 4.69) is 13.4 Å². The zero-order valence-electron chi connectivity index (χ0n) is 8.04. The van der Waals surface area contributed by atoms with Gasteiger partial charge in [0.2, 0.25) is 12.1 Å². The predicted octanol–water partition coefficient (Wildman–Crippen LogP) is -0.629. The minimum atomic E-state index is -0.310. The molecule has 1 aliphatic rings. The van der Waals surface area contributed by atoms with Crippen LogP contribution in [0.3, 0.4) is 0 Å². The van der Waals surface area contributed by atoms with E-state index in [-0.39, 0.29) is 18.2 Å². The lowest BCUT2D eigenvalue weighted by atomic mass is 9.89. The quantitative estimate of drug-likeness (QED) is 0.247. The Kier molecular flexibility index (Phi) is 3.43. The van der Waals surface area contributed by atoms with Crippen LogP contribution in [0.2, 0.25) is 0 Å². The third kappa shape index (κ3) is 2.21. The number of rotatable bonds is 3. The van der Waals surface area contributed by atoms with Gasteiger partial charge in [0.15, 0.2) is 13.4 Å². The Balaban J connectivity index is 2.66. The highest BCUT2D eigenvalue weighted by molar-refractivity contribution is 5.15. The van der Waals surface area contributed by atoms with E-state index >= 15 is 0 Å². The first kappa shape index (κ1) is 10.9. The van der Waals surface area contributed by atoms with Crippen LogP contribution >= 0.6 is 0 Å². The minimum absolute atomic E-state index is 0.0946. The van der Waals surface area contributed by atoms with Gasteiger partial charge in [-0.15, -0.1) is 0 Å². The van der Waals surface area contributed by atoms with E-state index in [0.717, 1.165) is 15.9 Å². The average molecular weight is 203 g/mol. The maximum atomic E-state index is 9.24. The Labute approximate surface area is 82.4 Å². The summed E-state index contributed by atoms with van der Waals surface area (Å²) in [6.07, 6.45) is 1.65. The second-order valence-electron chi connectivity index (χ2n) is 3.59. The van der Waals surface area contributed by atoms with E-state index in [1.54, 1.807) is 0 Å². The second-order valence-corrected chi connectivity index (χ2v) is 3.59. The minimum Gasteiger partial charge on any atom is -0.294 e. The summed E-state index contributed by atoms with van der Waals surface area (Å²) in [5, 5.41) is 18.4. The molecule has 1 fully saturated rings. The van der Waals surface area contributed by atoms with E-state index in [9.17, 15) is 5.21 Å². The van der Waals surface area contributed by atoms with Gasteiger partial charge in [0.05, 0.1) is 6.42 Å². The van der Waals surface area contributed by atoms with Crippen molar-refractivity contribution in [3.63, 3.8) is 0 Å². The summed E-state index contributed by atoms with van der Waals surface area (Å²) in [5.74, 6) is 5.10. The lowest BCUT2D eigenvalue weighted by molar-refractivity contribution is -0.823. The van der Waals surface area contributed by atoms with Crippen LogP contribution in [-0.2, 0) is 4.84 Å². The fourth-order valence-electron chi connectivity index (χ4n) is 1.84. The molecular formula is C8H17N3O3+2. The van der Waals surface area contributed by atoms with E-state index in [0.29, 0.717) is 12.8 Å². The Morgan fingerprint density at radius 2 is 1.86 bits per heavy atom. The molecule has 0 amide bonds. The second kappa shape index (κ2) is 4.39. The Hall–Kier alpha value is -1.14. The van der Waals surface area contributed by atoms with Crippen LogP contribution < -0.4 is 5.90 Å². The van der Waals surface area contributed by atoms with Gasteiger partial charge < -0.3 is 0 Å². The van der Waals surface area contributed by atoms with E-state index in [4.69, 9.17) is 15.9 Å². The molecule has 6 nitrogen and oxygen atoms in total. The summed E-state index contributed by atoms with van der Waals surface area (Å²) in [6.45, 7) is 6.79. The number of nitrogens with zero attached hydrogens (tertiary/aromatic N) is 2. The third-order valence-corrected chi connectivity index (χ3v) is 2.71. The number of hydroxylamine groups is 2. The molecule has 0 aromatic carbocycles. The van der Waals surface area contributed by atoms with Gasteiger partial charge >= 0.3 is 0 Å². The molecule has 1 saturated carbocycles. The van der Waals surface area contributed by atoms with Crippen molar-refractivity contribution in [1.82, 2.24) is 0 Å². The van der Waals surface area contributed by atoms with Gasteiger partial charge in [-0.25, -0.2) is 5.90 Å². The van der Waals surface area contributed by atoms with Crippen molar-refractivity contribution in [2.45, 2.75) is 37.5 Å². The predicted molar refractivity (Wildman–Crippen MR) is 48.8 cm³/mol. The normalized spacial score (nSPS) is 32.5. The lowest BCUT2D eigenvalue weighted by Crippen LogP contribution is -2.47. The number of hydrogen-bond acceptors (Lipinski definition) is 4. The standard InChI is InChI=1S/C8H17N3O3/c1-10(12)6-3-4-8(14-9)7(5-6)11(2)13/h6-8,12-13H,1-5,9H2/q+2. The van der Waals surface area contributed by atoms with Crippen LogP contribution in [0.15, 0.2) is 0 Å². The molecule has 6 heteroatoms. The molecule has 4 N–H and O–H groups in total. The molecular weight excluding hydrogens is 186 g/mol. The van der Waals surface area contributed by atoms with Gasteiger partial charge in [-0.2, -0.15) is 0 Å². The summed E-state index contributed by atoms with van der Waals surface area (Å²) >= 11 is 0. The molecule has 14 heavy (non-hydrogen) atoms. The molecule has 0 bridgehead atoms. The lowest BCUT2D eigenvalue weighted by Gasteiger charge is -2.25. The van der Waals surface area contributed by atoms with Crippen molar-refractivity contribution < 1.29 is 24.7 Å². The van der Waals surface area contributed by atoms with Gasteiger partial charge in [-0.1, -0.05) is 0 Å². The fraction of sp³-hybridized carbons (Fsp3) is 0.750. The van der Waals surface area contributed by atoms with Crippen LogP contribution in [-0.4, -0.2) is 51.5 Å². The largest absolute Gasteiger partial charge is 0.294 e. The van der Waals surface area contributed by atoms with Gasteiger partial charge in [-0.05, 0) is 15.9 Å². The molecule has 0 saturated heterocycles. The van der Waals surface area contributed by atoms with Crippen LogP contribution in [0, 0.1) is 0 Å². The van der Waals surface area contributed by atoms with Crippen LogP contribution in [0.4, 0.5) is 0 Å². The average Bonchev–Trinajstić information content (AvgIpc) is 2.16. The van der Waals surface area contributed by atoms with Gasteiger partial charge in [-0.3, -0.25) is 15.3 Å². The summed E-state index contributed by atoms with van der Waals surface area (Å²) in [5.41, 5.74) is 0. The highest BCUT2D eigenvalue weighted by Gasteiger charge is 2.43. The summed E-state index contributed by atoms with van der Waals surface area (Å²) in [7, 11) is 0. The van der Waals surface area contributed by atoms with Crippen LogP contribution in [0.5, 0.6) is 0 Å². The summed E-state index contributed by atoms with van der Waals surface area (Å²) in [6, 6.07) is -0.405. The molecule has 80 valence electrons. The van der Waals surface area contributed by atoms with Crippen LogP contribution in [0.25, 0.3) is 0 Å². The first-order valence-electron chi connectivity index (χ1n) is 4.49. The first-order chi connectivity index (χ1) is 6.56. The van der Waals surface area contributed by atoms with Gasteiger partial charge in [0, 0.05) is 6.42 Å². The maximum absolute atomic E-state index is 9.24. The Bertz CT molecular complexity index is 244. The monoisotopic (exact) mass is 203 g/mol. The third-order valence-electron chi connectivity index (χ3n) is 2.71. The smallest absolute Gasteiger partial charge is 0.235 e. The van der Waals surface area contributed by atoms with Crippen molar-refractivity contribution in [3.05, 3.63) is 0 Å². The highest BCUT2D eigenvalue weighted by Crippen LogP contribution is 2.23.